The number of rotatable bonds is 0. The molecule has 0 bridgehead atoms. The van der Waals surface area contributed by atoms with Gasteiger partial charge in [-0.25, -0.2) is 4.79 Å². The van der Waals surface area contributed by atoms with Crippen LogP contribution in [0.2, 0.25) is 0 Å². The lowest BCUT2D eigenvalue weighted by Crippen LogP contribution is -2.54. The van der Waals surface area contributed by atoms with Crippen LogP contribution in [0.25, 0.3) is 0 Å². The summed E-state index contributed by atoms with van der Waals surface area (Å²) in [4.78, 5) is 13.8. The van der Waals surface area contributed by atoms with Crippen LogP contribution < -0.4 is 5.32 Å². The molecule has 0 aromatic carbocycles. The Bertz CT molecular complexity index is 280. The number of carbonyl (C=O) groups excluding carboxylic acids is 1. The highest BCUT2D eigenvalue weighted by atomic mass is 35.5. The second-order valence-corrected chi connectivity index (χ2v) is 5.31. The summed E-state index contributed by atoms with van der Waals surface area (Å²) in [5, 5.41) is 3.24. The maximum absolute atomic E-state index is 12.0. The Morgan fingerprint density at radius 3 is 2.76 bits per heavy atom. The van der Waals surface area contributed by atoms with Crippen molar-refractivity contribution in [1.29, 1.82) is 0 Å². The molecule has 2 aliphatic heterocycles. The number of halogens is 1. The third kappa shape index (κ3) is 3.47. The summed E-state index contributed by atoms with van der Waals surface area (Å²) in [6.45, 7) is 8.49. The van der Waals surface area contributed by atoms with Crippen LogP contribution in [0.4, 0.5) is 4.79 Å². The lowest BCUT2D eigenvalue weighted by Gasteiger charge is -2.37. The normalized spacial score (nSPS) is 28.3. The predicted octanol–water partition coefficient (Wildman–Crippen LogP) is 1.02. The molecule has 2 heterocycles. The molecule has 1 amide bonds. The topological polar surface area (TPSA) is 50.8 Å². The first-order valence-electron chi connectivity index (χ1n) is 5.79. The van der Waals surface area contributed by atoms with Gasteiger partial charge in [-0.1, -0.05) is 0 Å². The van der Waals surface area contributed by atoms with E-state index >= 15 is 0 Å². The van der Waals surface area contributed by atoms with Gasteiger partial charge in [0.15, 0.2) is 0 Å². The molecule has 1 N–H and O–H groups in total. The van der Waals surface area contributed by atoms with Gasteiger partial charge in [-0.05, 0) is 20.8 Å². The monoisotopic (exact) mass is 264 g/mol. The highest BCUT2D eigenvalue weighted by Crippen LogP contribution is 2.20. The van der Waals surface area contributed by atoms with Crippen LogP contribution in [0.5, 0.6) is 0 Å². The van der Waals surface area contributed by atoms with Crippen LogP contribution in [0.3, 0.4) is 0 Å². The lowest BCUT2D eigenvalue weighted by atomic mass is 10.1. The fourth-order valence-electron chi connectivity index (χ4n) is 2.14. The Morgan fingerprint density at radius 2 is 2.12 bits per heavy atom. The van der Waals surface area contributed by atoms with Crippen molar-refractivity contribution in [3.05, 3.63) is 0 Å². The van der Waals surface area contributed by atoms with E-state index in [-0.39, 0.29) is 30.6 Å². The summed E-state index contributed by atoms with van der Waals surface area (Å²) in [7, 11) is 0. The number of nitrogens with one attached hydrogen (secondary N) is 1. The molecule has 0 unspecified atom stereocenters. The molecule has 2 fully saturated rings. The fraction of sp³-hybridized carbons (Fsp3) is 0.909. The van der Waals surface area contributed by atoms with Crippen molar-refractivity contribution in [3.63, 3.8) is 0 Å². The summed E-state index contributed by atoms with van der Waals surface area (Å²) >= 11 is 0. The van der Waals surface area contributed by atoms with Crippen LogP contribution >= 0.6 is 12.4 Å². The van der Waals surface area contributed by atoms with E-state index in [1.165, 1.54) is 0 Å². The molecule has 6 heteroatoms. The average molecular weight is 265 g/mol. The quantitative estimate of drug-likeness (QED) is 0.710. The number of ether oxygens (including phenoxy) is 2. The first-order chi connectivity index (χ1) is 7.47. The second kappa shape index (κ2) is 5.42. The molecule has 0 spiro atoms. The van der Waals surface area contributed by atoms with E-state index in [2.05, 4.69) is 5.32 Å². The minimum atomic E-state index is -0.434. The number of fused-ring (bicyclic) bond motifs is 1. The maximum Gasteiger partial charge on any atom is 0.410 e. The highest BCUT2D eigenvalue weighted by molar-refractivity contribution is 5.85. The minimum Gasteiger partial charge on any atom is -0.444 e. The van der Waals surface area contributed by atoms with Gasteiger partial charge in [0.25, 0.3) is 0 Å². The Kier molecular flexibility index (Phi) is 4.63. The van der Waals surface area contributed by atoms with Gasteiger partial charge in [0.05, 0.1) is 18.8 Å². The SMILES string of the molecule is CC(C)(C)OC(=O)N1CCO[C@@H]2CNC[C@@H]21.Cl. The molecule has 0 radical (unpaired) electrons. The average Bonchev–Trinajstić information content (AvgIpc) is 2.61. The molecule has 17 heavy (non-hydrogen) atoms. The Labute approximate surface area is 108 Å². The van der Waals surface area contributed by atoms with Gasteiger partial charge in [0, 0.05) is 19.6 Å². The third-order valence-electron chi connectivity index (χ3n) is 2.82. The third-order valence-corrected chi connectivity index (χ3v) is 2.82. The molecule has 2 saturated heterocycles. The van der Waals surface area contributed by atoms with Crippen molar-refractivity contribution < 1.29 is 14.3 Å². The number of hydrogen-bond donors (Lipinski definition) is 1. The van der Waals surface area contributed by atoms with Crippen molar-refractivity contribution in [2.45, 2.75) is 38.5 Å². The number of amides is 1. The predicted molar refractivity (Wildman–Crippen MR) is 66.6 cm³/mol. The number of nitrogens with zero attached hydrogens (tertiary/aromatic N) is 1. The standard InChI is InChI=1S/C11H20N2O3.ClH/c1-11(2,3)16-10(14)13-4-5-15-9-7-12-6-8(9)13;/h8-9,12H,4-7H2,1-3H3;1H/t8-,9+;/m0./s1. The minimum absolute atomic E-state index is 0. The smallest absolute Gasteiger partial charge is 0.410 e. The molecule has 0 aromatic rings. The molecular formula is C11H21ClN2O3. The summed E-state index contributed by atoms with van der Waals surface area (Å²) in [5.41, 5.74) is -0.434. The summed E-state index contributed by atoms with van der Waals surface area (Å²) < 4.78 is 11.0. The van der Waals surface area contributed by atoms with Crippen molar-refractivity contribution in [3.8, 4) is 0 Å². The van der Waals surface area contributed by atoms with Gasteiger partial charge in [0.2, 0.25) is 0 Å². The Balaban J connectivity index is 0.00000144. The van der Waals surface area contributed by atoms with Crippen molar-refractivity contribution in [2.75, 3.05) is 26.2 Å². The van der Waals surface area contributed by atoms with E-state index in [0.717, 1.165) is 13.1 Å². The Hall–Kier alpha value is -0.520. The van der Waals surface area contributed by atoms with Gasteiger partial charge in [-0.15, -0.1) is 12.4 Å². The van der Waals surface area contributed by atoms with Crippen molar-refractivity contribution in [2.24, 2.45) is 0 Å². The van der Waals surface area contributed by atoms with Crippen LogP contribution in [0.1, 0.15) is 20.8 Å². The van der Waals surface area contributed by atoms with Crippen LogP contribution in [0, 0.1) is 0 Å². The van der Waals surface area contributed by atoms with Crippen LogP contribution in [-0.2, 0) is 9.47 Å². The van der Waals surface area contributed by atoms with E-state index in [9.17, 15) is 4.79 Å². The van der Waals surface area contributed by atoms with E-state index < -0.39 is 5.60 Å². The molecule has 5 nitrogen and oxygen atoms in total. The number of hydrogen-bond acceptors (Lipinski definition) is 4. The van der Waals surface area contributed by atoms with Crippen LogP contribution in [0.15, 0.2) is 0 Å². The molecule has 0 aromatic heterocycles. The summed E-state index contributed by atoms with van der Waals surface area (Å²) in [5.74, 6) is 0. The van der Waals surface area contributed by atoms with Gasteiger partial charge in [-0.2, -0.15) is 0 Å². The van der Waals surface area contributed by atoms with Gasteiger partial charge >= 0.3 is 6.09 Å². The van der Waals surface area contributed by atoms with E-state index in [1.807, 2.05) is 20.8 Å². The van der Waals surface area contributed by atoms with Crippen LogP contribution in [-0.4, -0.2) is 55.0 Å². The van der Waals surface area contributed by atoms with E-state index in [1.54, 1.807) is 4.90 Å². The largest absolute Gasteiger partial charge is 0.444 e. The fourth-order valence-corrected chi connectivity index (χ4v) is 2.14. The molecule has 2 aliphatic rings. The van der Waals surface area contributed by atoms with Crippen molar-refractivity contribution in [1.82, 2.24) is 10.2 Å². The first kappa shape index (κ1) is 14.5. The van der Waals surface area contributed by atoms with Gasteiger partial charge in [-0.3, -0.25) is 4.90 Å². The second-order valence-electron chi connectivity index (χ2n) is 5.31. The van der Waals surface area contributed by atoms with Crippen molar-refractivity contribution >= 4 is 18.5 Å². The van der Waals surface area contributed by atoms with E-state index in [4.69, 9.17) is 9.47 Å². The molecular weight excluding hydrogens is 244 g/mol. The summed E-state index contributed by atoms with van der Waals surface area (Å²) in [6, 6.07) is 0.128. The first-order valence-corrected chi connectivity index (χ1v) is 5.79. The molecule has 0 aliphatic carbocycles. The zero-order valence-corrected chi connectivity index (χ0v) is 11.4. The maximum atomic E-state index is 12.0. The highest BCUT2D eigenvalue weighted by Gasteiger charge is 2.39. The van der Waals surface area contributed by atoms with Gasteiger partial charge < -0.3 is 14.8 Å². The number of carbonyl (C=O) groups is 1. The zero-order valence-electron chi connectivity index (χ0n) is 10.6. The lowest BCUT2D eigenvalue weighted by molar-refractivity contribution is -0.0567. The molecule has 0 saturated carbocycles. The Morgan fingerprint density at radius 1 is 1.41 bits per heavy atom. The van der Waals surface area contributed by atoms with E-state index in [0.29, 0.717) is 13.2 Å². The molecule has 100 valence electrons. The molecule has 2 rings (SSSR count). The number of morpholine rings is 1. The van der Waals surface area contributed by atoms with Gasteiger partial charge in [0.1, 0.15) is 5.60 Å². The zero-order chi connectivity index (χ0) is 11.8. The molecule has 2 atom stereocenters. The summed E-state index contributed by atoms with van der Waals surface area (Å²) in [6.07, 6.45) is -0.101.